The van der Waals surface area contributed by atoms with Gasteiger partial charge in [0.2, 0.25) is 5.88 Å². The van der Waals surface area contributed by atoms with Crippen molar-refractivity contribution >= 4 is 0 Å². The second kappa shape index (κ2) is 6.48. The lowest BCUT2D eigenvalue weighted by atomic mass is 10.1. The highest BCUT2D eigenvalue weighted by molar-refractivity contribution is 5.25. The van der Waals surface area contributed by atoms with Gasteiger partial charge in [0.05, 0.1) is 12.8 Å². The second-order valence-corrected chi connectivity index (χ2v) is 4.78. The van der Waals surface area contributed by atoms with Gasteiger partial charge in [-0.05, 0) is 37.1 Å². The SMILES string of the molecule is COc1cccc(CNC(C)c2ccc(C)c(F)c2)n1. The van der Waals surface area contributed by atoms with Crippen LogP contribution in [-0.2, 0) is 6.54 Å². The van der Waals surface area contributed by atoms with Crippen molar-refractivity contribution in [2.45, 2.75) is 26.4 Å². The van der Waals surface area contributed by atoms with Gasteiger partial charge in [-0.15, -0.1) is 0 Å². The first-order valence-electron chi connectivity index (χ1n) is 6.59. The minimum absolute atomic E-state index is 0.0538. The molecule has 3 nitrogen and oxygen atoms in total. The van der Waals surface area contributed by atoms with Crippen molar-refractivity contribution < 1.29 is 9.13 Å². The zero-order valence-corrected chi connectivity index (χ0v) is 12.0. The van der Waals surface area contributed by atoms with Crippen LogP contribution in [-0.4, -0.2) is 12.1 Å². The van der Waals surface area contributed by atoms with Crippen LogP contribution in [0.4, 0.5) is 4.39 Å². The normalized spacial score (nSPS) is 12.2. The summed E-state index contributed by atoms with van der Waals surface area (Å²) >= 11 is 0. The number of rotatable bonds is 5. The van der Waals surface area contributed by atoms with Crippen molar-refractivity contribution in [3.05, 3.63) is 59.0 Å². The van der Waals surface area contributed by atoms with Crippen LogP contribution in [0, 0.1) is 12.7 Å². The van der Waals surface area contributed by atoms with Gasteiger partial charge in [0, 0.05) is 18.7 Å². The fraction of sp³-hybridized carbons (Fsp3) is 0.312. The molecule has 0 bridgehead atoms. The Morgan fingerprint density at radius 1 is 1.30 bits per heavy atom. The Morgan fingerprint density at radius 2 is 2.10 bits per heavy atom. The number of hydrogen-bond acceptors (Lipinski definition) is 3. The molecule has 4 heteroatoms. The first-order valence-corrected chi connectivity index (χ1v) is 6.59. The fourth-order valence-corrected chi connectivity index (χ4v) is 1.92. The monoisotopic (exact) mass is 274 g/mol. The highest BCUT2D eigenvalue weighted by atomic mass is 19.1. The Labute approximate surface area is 118 Å². The van der Waals surface area contributed by atoms with E-state index in [1.54, 1.807) is 26.2 Å². The minimum Gasteiger partial charge on any atom is -0.481 e. The Balaban J connectivity index is 2.00. The van der Waals surface area contributed by atoms with Crippen molar-refractivity contribution in [2.75, 3.05) is 7.11 Å². The van der Waals surface area contributed by atoms with Crippen molar-refractivity contribution in [3.63, 3.8) is 0 Å². The number of aromatic nitrogens is 1. The molecule has 0 fully saturated rings. The topological polar surface area (TPSA) is 34.1 Å². The molecule has 1 aromatic heterocycles. The lowest BCUT2D eigenvalue weighted by Gasteiger charge is -2.15. The third-order valence-corrected chi connectivity index (χ3v) is 3.28. The van der Waals surface area contributed by atoms with Gasteiger partial charge in [0.1, 0.15) is 5.82 Å². The van der Waals surface area contributed by atoms with Gasteiger partial charge in [0.25, 0.3) is 0 Å². The Hall–Kier alpha value is -1.94. The molecule has 20 heavy (non-hydrogen) atoms. The van der Waals surface area contributed by atoms with Crippen molar-refractivity contribution in [1.82, 2.24) is 10.3 Å². The van der Waals surface area contributed by atoms with Crippen LogP contribution in [0.1, 0.15) is 29.8 Å². The van der Waals surface area contributed by atoms with Crippen molar-refractivity contribution in [2.24, 2.45) is 0 Å². The van der Waals surface area contributed by atoms with E-state index in [1.807, 2.05) is 31.2 Å². The van der Waals surface area contributed by atoms with Crippen LogP contribution >= 0.6 is 0 Å². The van der Waals surface area contributed by atoms with E-state index in [1.165, 1.54) is 0 Å². The molecule has 1 atom stereocenters. The number of pyridine rings is 1. The number of nitrogens with zero attached hydrogens (tertiary/aromatic N) is 1. The Morgan fingerprint density at radius 3 is 2.80 bits per heavy atom. The third-order valence-electron chi connectivity index (χ3n) is 3.28. The predicted octanol–water partition coefficient (Wildman–Crippen LogP) is 3.39. The quantitative estimate of drug-likeness (QED) is 0.907. The molecular weight excluding hydrogens is 255 g/mol. The van der Waals surface area contributed by atoms with Gasteiger partial charge in [0.15, 0.2) is 0 Å². The Bertz CT molecular complexity index is 586. The van der Waals surface area contributed by atoms with E-state index in [2.05, 4.69) is 10.3 Å². The third kappa shape index (κ3) is 3.54. The number of aryl methyl sites for hydroxylation is 1. The Kier molecular flexibility index (Phi) is 4.69. The molecule has 0 saturated carbocycles. The maximum Gasteiger partial charge on any atom is 0.213 e. The van der Waals surface area contributed by atoms with Gasteiger partial charge in [-0.2, -0.15) is 0 Å². The number of benzene rings is 1. The summed E-state index contributed by atoms with van der Waals surface area (Å²) < 4.78 is 18.6. The summed E-state index contributed by atoms with van der Waals surface area (Å²) in [5, 5.41) is 3.33. The van der Waals surface area contributed by atoms with Crippen LogP contribution in [0.3, 0.4) is 0 Å². The molecule has 2 aromatic rings. The summed E-state index contributed by atoms with van der Waals surface area (Å²) in [4.78, 5) is 4.33. The van der Waals surface area contributed by atoms with Crippen LogP contribution in [0.2, 0.25) is 0 Å². The lowest BCUT2D eigenvalue weighted by Crippen LogP contribution is -2.19. The molecule has 0 radical (unpaired) electrons. The summed E-state index contributed by atoms with van der Waals surface area (Å²) in [7, 11) is 1.59. The molecule has 1 aromatic carbocycles. The van der Waals surface area contributed by atoms with Crippen LogP contribution in [0.5, 0.6) is 5.88 Å². The minimum atomic E-state index is -0.171. The maximum atomic E-state index is 13.5. The van der Waals surface area contributed by atoms with Crippen LogP contribution in [0.15, 0.2) is 36.4 Å². The van der Waals surface area contributed by atoms with Crippen LogP contribution in [0.25, 0.3) is 0 Å². The molecule has 106 valence electrons. The van der Waals surface area contributed by atoms with Gasteiger partial charge < -0.3 is 10.1 Å². The number of hydrogen-bond donors (Lipinski definition) is 1. The molecule has 0 aliphatic rings. The van der Waals surface area contributed by atoms with E-state index < -0.39 is 0 Å². The number of methoxy groups -OCH3 is 1. The predicted molar refractivity (Wildman–Crippen MR) is 77.2 cm³/mol. The first-order chi connectivity index (χ1) is 9.60. The van der Waals surface area contributed by atoms with Crippen LogP contribution < -0.4 is 10.1 Å². The molecule has 0 spiro atoms. The van der Waals surface area contributed by atoms with E-state index in [4.69, 9.17) is 4.74 Å². The highest BCUT2D eigenvalue weighted by Crippen LogP contribution is 2.17. The lowest BCUT2D eigenvalue weighted by molar-refractivity contribution is 0.395. The maximum absolute atomic E-state index is 13.5. The summed E-state index contributed by atoms with van der Waals surface area (Å²) in [6, 6.07) is 11.0. The molecular formula is C16H19FN2O. The van der Waals surface area contributed by atoms with Gasteiger partial charge >= 0.3 is 0 Å². The van der Waals surface area contributed by atoms with E-state index in [-0.39, 0.29) is 11.9 Å². The van der Waals surface area contributed by atoms with E-state index >= 15 is 0 Å². The zero-order chi connectivity index (χ0) is 14.5. The van der Waals surface area contributed by atoms with Gasteiger partial charge in [-0.1, -0.05) is 18.2 Å². The standard InChI is InChI=1S/C16H19FN2O/c1-11-7-8-13(9-15(11)17)12(2)18-10-14-5-4-6-16(19-14)20-3/h4-9,12,18H,10H2,1-3H3. The summed E-state index contributed by atoms with van der Waals surface area (Å²) in [5.41, 5.74) is 2.48. The molecule has 1 heterocycles. The highest BCUT2D eigenvalue weighted by Gasteiger charge is 2.08. The zero-order valence-electron chi connectivity index (χ0n) is 12.0. The van der Waals surface area contributed by atoms with E-state index in [0.717, 1.165) is 11.3 Å². The molecule has 0 amide bonds. The van der Waals surface area contributed by atoms with E-state index in [9.17, 15) is 4.39 Å². The molecule has 2 rings (SSSR count). The average molecular weight is 274 g/mol. The average Bonchev–Trinajstić information content (AvgIpc) is 2.47. The smallest absolute Gasteiger partial charge is 0.213 e. The molecule has 0 saturated heterocycles. The van der Waals surface area contributed by atoms with Gasteiger partial charge in [-0.25, -0.2) is 9.37 Å². The second-order valence-electron chi connectivity index (χ2n) is 4.78. The molecule has 1 N–H and O–H groups in total. The fourth-order valence-electron chi connectivity index (χ4n) is 1.92. The molecule has 0 aliphatic carbocycles. The van der Waals surface area contributed by atoms with Crippen molar-refractivity contribution in [1.29, 1.82) is 0 Å². The summed E-state index contributed by atoms with van der Waals surface area (Å²) in [6.45, 7) is 4.37. The van der Waals surface area contributed by atoms with Gasteiger partial charge in [-0.3, -0.25) is 0 Å². The number of halogens is 1. The number of ether oxygens (including phenoxy) is 1. The molecule has 0 aliphatic heterocycles. The summed E-state index contributed by atoms with van der Waals surface area (Å²) in [5.74, 6) is 0.425. The largest absolute Gasteiger partial charge is 0.481 e. The van der Waals surface area contributed by atoms with Crippen molar-refractivity contribution in [3.8, 4) is 5.88 Å². The molecule has 1 unspecified atom stereocenters. The van der Waals surface area contributed by atoms with E-state index in [0.29, 0.717) is 18.0 Å². The number of nitrogens with one attached hydrogen (secondary N) is 1. The first kappa shape index (κ1) is 14.5. The summed E-state index contributed by atoms with van der Waals surface area (Å²) in [6.07, 6.45) is 0.